The molecule has 0 radical (unpaired) electrons. The van der Waals surface area contributed by atoms with Crippen LogP contribution in [-0.2, 0) is 16.2 Å². The Labute approximate surface area is 288 Å². The molecule has 0 aliphatic rings. The molecule has 0 aliphatic heterocycles. The molecule has 0 fully saturated rings. The van der Waals surface area contributed by atoms with Gasteiger partial charge in [-0.05, 0) is 90.9 Å². The number of anilines is 2. The summed E-state index contributed by atoms with van der Waals surface area (Å²) in [6.07, 6.45) is 1.60. The molecule has 49 heavy (non-hydrogen) atoms. The maximum absolute atomic E-state index is 13.6. The summed E-state index contributed by atoms with van der Waals surface area (Å²) >= 11 is 1.31. The van der Waals surface area contributed by atoms with Gasteiger partial charge in [0, 0.05) is 27.4 Å². The molecule has 0 bridgehead atoms. The molecule has 246 valence electrons. The third-order valence-corrected chi connectivity index (χ3v) is 8.27. The van der Waals surface area contributed by atoms with E-state index in [0.29, 0.717) is 40.4 Å². The van der Waals surface area contributed by atoms with Gasteiger partial charge in [-0.2, -0.15) is 0 Å². The highest BCUT2D eigenvalue weighted by Crippen LogP contribution is 2.27. The van der Waals surface area contributed by atoms with Crippen LogP contribution >= 0.6 is 11.8 Å². The Morgan fingerprint density at radius 2 is 1.41 bits per heavy atom. The van der Waals surface area contributed by atoms with Crippen LogP contribution in [0.2, 0.25) is 0 Å². The van der Waals surface area contributed by atoms with Gasteiger partial charge in [0.2, 0.25) is 11.8 Å². The predicted octanol–water partition coefficient (Wildman–Crippen LogP) is 6.89. The zero-order valence-corrected chi connectivity index (χ0v) is 27.4. The van der Waals surface area contributed by atoms with E-state index in [-0.39, 0.29) is 11.6 Å². The number of carbonyl (C=O) groups is 4. The topological polar surface area (TPSA) is 140 Å². The Morgan fingerprint density at radius 3 is 2.08 bits per heavy atom. The number of primary amides is 1. The lowest BCUT2D eigenvalue weighted by molar-refractivity contribution is -0.115. The number of nitrogens with two attached hydrogens (primary N) is 1. The van der Waals surface area contributed by atoms with E-state index in [1.54, 1.807) is 110 Å². The van der Waals surface area contributed by atoms with E-state index in [1.165, 1.54) is 11.8 Å². The first-order chi connectivity index (χ1) is 23.7. The van der Waals surface area contributed by atoms with E-state index in [2.05, 4.69) is 16.0 Å². The average Bonchev–Trinajstić information content (AvgIpc) is 3.12. The molecule has 0 heterocycles. The van der Waals surface area contributed by atoms with Crippen molar-refractivity contribution in [2.75, 3.05) is 10.6 Å². The average molecular weight is 671 g/mol. The van der Waals surface area contributed by atoms with Gasteiger partial charge in [0.05, 0.1) is 5.25 Å². The molecule has 5 N–H and O–H groups in total. The molecule has 1 atom stereocenters. The Hall–Kier alpha value is -6.13. The summed E-state index contributed by atoms with van der Waals surface area (Å²) in [6, 6.07) is 39.1. The standard InChI is InChI=1S/C39H34N4O5S/c1-26(37(45)41-31-19-17-29(18-20-31)36(40)44)49-34-14-8-13-32(24-34)42-39(47)35(43-38(46)30-11-6-3-7-12-30)23-27-15-21-33(22-16-27)48-25-28-9-4-2-5-10-28/h2-24,26H,25H2,1H3,(H2,40,44)(H,41,45)(H,42,47)(H,43,46)/b35-23-. The molecule has 0 saturated heterocycles. The van der Waals surface area contributed by atoms with Crippen molar-refractivity contribution < 1.29 is 23.9 Å². The molecule has 4 amide bonds. The lowest BCUT2D eigenvalue weighted by Crippen LogP contribution is -2.30. The molecule has 0 aromatic heterocycles. The molecule has 5 rings (SSSR count). The highest BCUT2D eigenvalue weighted by Gasteiger charge is 2.18. The van der Waals surface area contributed by atoms with Crippen molar-refractivity contribution in [3.63, 3.8) is 0 Å². The van der Waals surface area contributed by atoms with Crippen LogP contribution in [0.4, 0.5) is 11.4 Å². The summed E-state index contributed by atoms with van der Waals surface area (Å²) in [5.41, 5.74) is 8.82. The number of amides is 4. The van der Waals surface area contributed by atoms with Crippen molar-refractivity contribution >= 4 is 52.8 Å². The fourth-order valence-corrected chi connectivity index (χ4v) is 5.50. The van der Waals surface area contributed by atoms with Crippen LogP contribution in [0.3, 0.4) is 0 Å². The van der Waals surface area contributed by atoms with Crippen molar-refractivity contribution in [2.45, 2.75) is 23.7 Å². The van der Waals surface area contributed by atoms with E-state index in [4.69, 9.17) is 10.5 Å². The smallest absolute Gasteiger partial charge is 0.272 e. The second-order valence-electron chi connectivity index (χ2n) is 10.9. The van der Waals surface area contributed by atoms with Crippen LogP contribution in [0.25, 0.3) is 6.08 Å². The number of hydrogen-bond acceptors (Lipinski definition) is 6. The second kappa shape index (κ2) is 16.6. The molecular formula is C39H34N4O5S. The highest BCUT2D eigenvalue weighted by molar-refractivity contribution is 8.00. The maximum atomic E-state index is 13.6. The molecule has 0 saturated carbocycles. The van der Waals surface area contributed by atoms with Gasteiger partial charge in [0.1, 0.15) is 18.1 Å². The largest absolute Gasteiger partial charge is 0.489 e. The molecule has 9 nitrogen and oxygen atoms in total. The van der Waals surface area contributed by atoms with Gasteiger partial charge in [0.25, 0.3) is 11.8 Å². The lowest BCUT2D eigenvalue weighted by atomic mass is 10.1. The molecule has 0 aliphatic carbocycles. The van der Waals surface area contributed by atoms with E-state index >= 15 is 0 Å². The third-order valence-electron chi connectivity index (χ3n) is 7.18. The minimum absolute atomic E-state index is 0.0416. The zero-order chi connectivity index (χ0) is 34.6. The first-order valence-corrected chi connectivity index (χ1v) is 16.2. The lowest BCUT2D eigenvalue weighted by Gasteiger charge is -2.14. The number of rotatable bonds is 13. The number of benzene rings is 5. The van der Waals surface area contributed by atoms with Crippen LogP contribution in [-0.4, -0.2) is 28.9 Å². The van der Waals surface area contributed by atoms with Crippen molar-refractivity contribution in [2.24, 2.45) is 5.73 Å². The Balaban J connectivity index is 1.27. The second-order valence-corrected chi connectivity index (χ2v) is 12.3. The van der Waals surface area contributed by atoms with Crippen molar-refractivity contribution in [3.8, 4) is 5.75 Å². The Morgan fingerprint density at radius 1 is 0.735 bits per heavy atom. The number of nitrogens with one attached hydrogen (secondary N) is 3. The third kappa shape index (κ3) is 10.2. The summed E-state index contributed by atoms with van der Waals surface area (Å²) in [4.78, 5) is 51.6. The van der Waals surface area contributed by atoms with Gasteiger partial charge in [-0.3, -0.25) is 19.2 Å². The van der Waals surface area contributed by atoms with Gasteiger partial charge in [-0.25, -0.2) is 0 Å². The van der Waals surface area contributed by atoms with Gasteiger partial charge in [-0.1, -0.05) is 66.7 Å². The van der Waals surface area contributed by atoms with Crippen LogP contribution in [0.5, 0.6) is 5.75 Å². The van der Waals surface area contributed by atoms with E-state index < -0.39 is 23.0 Å². The first-order valence-electron chi connectivity index (χ1n) is 15.4. The van der Waals surface area contributed by atoms with Gasteiger partial charge >= 0.3 is 0 Å². The first kappa shape index (κ1) is 34.2. The van der Waals surface area contributed by atoms with Gasteiger partial charge in [0.15, 0.2) is 0 Å². The number of ether oxygens (including phenoxy) is 1. The van der Waals surface area contributed by atoms with E-state index in [9.17, 15) is 19.2 Å². The van der Waals surface area contributed by atoms with E-state index in [0.717, 1.165) is 10.5 Å². The highest BCUT2D eigenvalue weighted by atomic mass is 32.2. The molecule has 10 heteroatoms. The van der Waals surface area contributed by atoms with Crippen molar-refractivity contribution in [1.29, 1.82) is 0 Å². The Bertz CT molecular complexity index is 1950. The number of thioether (sulfide) groups is 1. The molecule has 5 aromatic rings. The van der Waals surface area contributed by atoms with Gasteiger partial charge < -0.3 is 26.4 Å². The summed E-state index contributed by atoms with van der Waals surface area (Å²) < 4.78 is 5.88. The summed E-state index contributed by atoms with van der Waals surface area (Å²) in [6.45, 7) is 2.19. The SMILES string of the molecule is CC(Sc1cccc(NC(=O)/C(=C/c2ccc(OCc3ccccc3)cc2)NC(=O)c2ccccc2)c1)C(=O)Nc1ccc(C(N)=O)cc1. The van der Waals surface area contributed by atoms with Crippen molar-refractivity contribution in [1.82, 2.24) is 5.32 Å². The minimum atomic E-state index is -0.547. The quantitative estimate of drug-likeness (QED) is 0.0795. The Kier molecular flexibility index (Phi) is 11.6. The molecule has 5 aromatic carbocycles. The zero-order valence-electron chi connectivity index (χ0n) is 26.6. The molecular weight excluding hydrogens is 637 g/mol. The van der Waals surface area contributed by atoms with Crippen molar-refractivity contribution in [3.05, 3.63) is 161 Å². The number of carbonyl (C=O) groups excluding carboxylic acids is 4. The van der Waals surface area contributed by atoms with Crippen LogP contribution in [0, 0.1) is 0 Å². The fourth-order valence-electron chi connectivity index (χ4n) is 4.58. The van der Waals surface area contributed by atoms with Gasteiger partial charge in [-0.15, -0.1) is 11.8 Å². The fraction of sp³-hybridized carbons (Fsp3) is 0.0769. The summed E-state index contributed by atoms with van der Waals surface area (Å²) in [5, 5.41) is 7.96. The van der Waals surface area contributed by atoms with Crippen LogP contribution in [0.1, 0.15) is 38.8 Å². The van der Waals surface area contributed by atoms with Crippen LogP contribution < -0.4 is 26.4 Å². The van der Waals surface area contributed by atoms with Crippen LogP contribution in [0.15, 0.2) is 144 Å². The summed E-state index contributed by atoms with van der Waals surface area (Å²) in [5.74, 6) is -1.08. The maximum Gasteiger partial charge on any atom is 0.272 e. The minimum Gasteiger partial charge on any atom is -0.489 e. The molecule has 0 spiro atoms. The molecule has 1 unspecified atom stereocenters. The van der Waals surface area contributed by atoms with E-state index in [1.807, 2.05) is 36.4 Å². The normalized spacial score (nSPS) is 11.6. The number of hydrogen-bond donors (Lipinski definition) is 4. The predicted molar refractivity (Wildman–Crippen MR) is 193 cm³/mol. The monoisotopic (exact) mass is 670 g/mol. The summed E-state index contributed by atoms with van der Waals surface area (Å²) in [7, 11) is 0.